The normalized spacial score (nSPS) is 12.1. The van der Waals surface area contributed by atoms with E-state index in [1.165, 1.54) is 62.4 Å². The maximum absolute atomic E-state index is 5.16. The van der Waals surface area contributed by atoms with Crippen LogP contribution in [0.4, 0.5) is 0 Å². The number of benzene rings is 9. The summed E-state index contributed by atoms with van der Waals surface area (Å²) in [5, 5.41) is 18.9. The lowest BCUT2D eigenvalue weighted by molar-refractivity contribution is 1.13. The van der Waals surface area contributed by atoms with Crippen molar-refractivity contribution in [1.82, 2.24) is 19.1 Å². The highest BCUT2D eigenvalue weighted by atomic mass is 32.1. The Balaban J connectivity index is 0.968. The zero-order chi connectivity index (χ0) is 48.3. The molecule has 0 unspecified atom stereocenters. The molecule has 0 saturated carbocycles. The van der Waals surface area contributed by atoms with Crippen LogP contribution in [0.5, 0.6) is 0 Å². The molecule has 0 aliphatic carbocycles. The van der Waals surface area contributed by atoms with Crippen molar-refractivity contribution >= 4 is 123 Å². The summed E-state index contributed by atoms with van der Waals surface area (Å²) in [5.41, 5.74) is 6.32. The topological polar surface area (TPSA) is 35.6 Å². The maximum atomic E-state index is 5.16. The van der Waals surface area contributed by atoms with Crippen LogP contribution in [0.2, 0.25) is 0 Å². The molecule has 9 aromatic carbocycles. The summed E-state index contributed by atoms with van der Waals surface area (Å²) in [7, 11) is -5.58. The largest absolute Gasteiger partial charge is 0.294 e. The SMILES string of the molecule is c1ccc([Si](c2ccccc2)(c2ccccc2)c2ccc3c(c2)c2cccnc2n3-c2ccc3scc(-n4c5ccc([Si](c6ccccc6)(c6ccccc6)c6ccccc6)cc5c5cccnc54)c3c2)cc1. The summed E-state index contributed by atoms with van der Waals surface area (Å²) in [5.74, 6) is 0. The van der Waals surface area contributed by atoms with E-state index in [1.54, 1.807) is 11.3 Å². The third-order valence-corrected chi connectivity index (χ3v) is 25.7. The summed E-state index contributed by atoms with van der Waals surface area (Å²) in [6.45, 7) is 0. The maximum Gasteiger partial charge on any atom is 0.179 e. The van der Waals surface area contributed by atoms with Crippen molar-refractivity contribution < 1.29 is 0 Å². The number of pyridine rings is 2. The molecule has 0 aliphatic rings. The average Bonchev–Trinajstić information content (AvgIpc) is 4.16. The molecule has 0 fully saturated rings. The predicted molar refractivity (Wildman–Crippen MR) is 313 cm³/mol. The van der Waals surface area contributed by atoms with Crippen molar-refractivity contribution in [3.63, 3.8) is 0 Å². The van der Waals surface area contributed by atoms with Crippen LogP contribution in [0.1, 0.15) is 0 Å². The number of rotatable bonds is 10. The van der Waals surface area contributed by atoms with E-state index >= 15 is 0 Å². The van der Waals surface area contributed by atoms with Crippen LogP contribution >= 0.6 is 11.3 Å². The van der Waals surface area contributed by atoms with Crippen LogP contribution in [-0.4, -0.2) is 35.2 Å². The standard InChI is InChI=1S/C66H46N4SSi2/c1-7-21-48(22-8-1)72(49-23-9-2-10-24-49,50-25-11-3-12-26-50)54-36-38-61-58(44-54)56-33-19-41-67-65(56)69(61)47-35-40-64-60(43-47)63(46-71-64)70-62-39-37-55(45-59(62)57-34-20-42-68-66(57)70)73(51-27-13-4-14-28-51,52-29-15-5-16-30-52)53-31-17-6-18-32-53/h1-46H. The average molecular weight is 983 g/mol. The molecule has 0 bridgehead atoms. The fourth-order valence-electron chi connectivity index (χ4n) is 12.1. The lowest BCUT2D eigenvalue weighted by Crippen LogP contribution is -2.74. The predicted octanol–water partition coefficient (Wildman–Crippen LogP) is 10.6. The van der Waals surface area contributed by atoms with Gasteiger partial charge in [0.15, 0.2) is 16.1 Å². The summed E-state index contributed by atoms with van der Waals surface area (Å²) >= 11 is 1.78. The smallest absolute Gasteiger partial charge is 0.179 e. The number of fused-ring (bicyclic) bond motifs is 7. The van der Waals surface area contributed by atoms with Crippen LogP contribution in [0, 0.1) is 0 Å². The van der Waals surface area contributed by atoms with Gasteiger partial charge in [0.1, 0.15) is 11.3 Å². The Labute approximate surface area is 429 Å². The molecule has 0 radical (unpaired) electrons. The summed E-state index contributed by atoms with van der Waals surface area (Å²) in [6, 6.07) is 97.0. The third kappa shape index (κ3) is 6.63. The van der Waals surface area contributed by atoms with Crippen molar-refractivity contribution in [2.45, 2.75) is 0 Å². The second-order valence-corrected chi connectivity index (χ2v) is 27.4. The first-order valence-corrected chi connectivity index (χ1v) is 29.8. The van der Waals surface area contributed by atoms with Crippen molar-refractivity contribution in [2.24, 2.45) is 0 Å². The summed E-state index contributed by atoms with van der Waals surface area (Å²) in [6.07, 6.45) is 3.85. The second-order valence-electron chi connectivity index (χ2n) is 18.9. The Bertz CT molecular complexity index is 4120. The van der Waals surface area contributed by atoms with E-state index in [1.807, 2.05) is 12.4 Å². The Morgan fingerprint density at radius 3 is 1.10 bits per heavy atom. The minimum absolute atomic E-state index is 0.936. The molecule has 0 amide bonds. The van der Waals surface area contributed by atoms with Gasteiger partial charge in [0.05, 0.1) is 16.7 Å². The summed E-state index contributed by atoms with van der Waals surface area (Å²) < 4.78 is 5.97. The van der Waals surface area contributed by atoms with Crippen LogP contribution < -0.4 is 41.5 Å². The first kappa shape index (κ1) is 43.1. The zero-order valence-corrected chi connectivity index (χ0v) is 42.6. The molecule has 0 N–H and O–H groups in total. The van der Waals surface area contributed by atoms with Crippen LogP contribution in [0.15, 0.2) is 279 Å². The number of hydrogen-bond donors (Lipinski definition) is 0. The number of aromatic nitrogens is 4. The molecular formula is C66H46N4SSi2. The first-order chi connectivity index (χ1) is 36.2. The van der Waals surface area contributed by atoms with Gasteiger partial charge in [-0.1, -0.05) is 206 Å². The Morgan fingerprint density at radius 1 is 0.301 bits per heavy atom. The first-order valence-electron chi connectivity index (χ1n) is 24.9. The Morgan fingerprint density at radius 2 is 0.685 bits per heavy atom. The van der Waals surface area contributed by atoms with Crippen molar-refractivity contribution in [3.8, 4) is 11.4 Å². The molecule has 0 saturated heterocycles. The molecule has 14 aromatic rings. The minimum atomic E-state index is -2.79. The molecule has 0 aliphatic heterocycles. The van der Waals surface area contributed by atoms with Gasteiger partial charge >= 0.3 is 0 Å². The molecule has 7 heteroatoms. The highest BCUT2D eigenvalue weighted by molar-refractivity contribution is 7.20. The highest BCUT2D eigenvalue weighted by Gasteiger charge is 2.43. The van der Waals surface area contributed by atoms with Gasteiger partial charge in [-0.3, -0.25) is 9.13 Å². The Kier molecular flexibility index (Phi) is 10.4. The second kappa shape index (κ2) is 17.5. The molecule has 5 aromatic heterocycles. The highest BCUT2D eigenvalue weighted by Crippen LogP contribution is 2.39. The van der Waals surface area contributed by atoms with Gasteiger partial charge in [0.2, 0.25) is 0 Å². The lowest BCUT2D eigenvalue weighted by Gasteiger charge is -2.34. The molecule has 5 heterocycles. The number of hydrogen-bond acceptors (Lipinski definition) is 3. The minimum Gasteiger partial charge on any atom is -0.294 e. The third-order valence-electron chi connectivity index (χ3n) is 15.2. The molecule has 0 spiro atoms. The van der Waals surface area contributed by atoms with E-state index in [9.17, 15) is 0 Å². The molecule has 344 valence electrons. The van der Waals surface area contributed by atoms with E-state index in [0.29, 0.717) is 0 Å². The lowest BCUT2D eigenvalue weighted by atomic mass is 10.2. The van der Waals surface area contributed by atoms with Crippen molar-refractivity contribution in [1.29, 1.82) is 0 Å². The van der Waals surface area contributed by atoms with Crippen molar-refractivity contribution in [2.75, 3.05) is 0 Å². The number of thiophene rings is 1. The van der Waals surface area contributed by atoms with Crippen LogP contribution in [0.3, 0.4) is 0 Å². The molecule has 0 atom stereocenters. The van der Waals surface area contributed by atoms with E-state index in [2.05, 4.69) is 275 Å². The van der Waals surface area contributed by atoms with Gasteiger partial charge in [-0.15, -0.1) is 11.3 Å². The monoisotopic (exact) mass is 982 g/mol. The van der Waals surface area contributed by atoms with E-state index in [0.717, 1.165) is 44.5 Å². The van der Waals surface area contributed by atoms with Gasteiger partial charge in [-0.2, -0.15) is 0 Å². The van der Waals surface area contributed by atoms with Gasteiger partial charge < -0.3 is 0 Å². The van der Waals surface area contributed by atoms with Gasteiger partial charge in [-0.25, -0.2) is 9.97 Å². The molecule has 4 nitrogen and oxygen atoms in total. The zero-order valence-electron chi connectivity index (χ0n) is 39.8. The molecule has 14 rings (SSSR count). The van der Waals surface area contributed by atoms with E-state index in [-0.39, 0.29) is 0 Å². The molecular weight excluding hydrogens is 937 g/mol. The van der Waals surface area contributed by atoms with E-state index in [4.69, 9.17) is 9.97 Å². The van der Waals surface area contributed by atoms with Crippen LogP contribution in [-0.2, 0) is 0 Å². The van der Waals surface area contributed by atoms with Crippen LogP contribution in [0.25, 0.3) is 65.3 Å². The van der Waals surface area contributed by atoms with Crippen molar-refractivity contribution in [3.05, 3.63) is 279 Å². The molecule has 73 heavy (non-hydrogen) atoms. The Hall–Kier alpha value is -8.73. The summed E-state index contributed by atoms with van der Waals surface area (Å²) in [4.78, 5) is 10.3. The van der Waals surface area contributed by atoms with E-state index < -0.39 is 16.1 Å². The quantitative estimate of drug-likeness (QED) is 0.101. The number of nitrogens with zero attached hydrogens (tertiary/aromatic N) is 4. The fraction of sp³-hybridized carbons (Fsp3) is 0. The fourth-order valence-corrected chi connectivity index (χ4v) is 22.6. The van der Waals surface area contributed by atoms with Gasteiger partial charge in [-0.05, 0) is 96.1 Å². The van der Waals surface area contributed by atoms with Gasteiger partial charge in [0, 0.05) is 55.1 Å². The van der Waals surface area contributed by atoms with Gasteiger partial charge in [0.25, 0.3) is 0 Å².